The molecule has 0 radical (unpaired) electrons. The molecule has 0 saturated carbocycles. The summed E-state index contributed by atoms with van der Waals surface area (Å²) in [6.45, 7) is 15.1. The third-order valence-electron chi connectivity index (χ3n) is 3.75. The van der Waals surface area contributed by atoms with E-state index in [4.69, 9.17) is 6.57 Å². The molecule has 0 saturated heterocycles. The van der Waals surface area contributed by atoms with Gasteiger partial charge in [0.15, 0.2) is 0 Å². The van der Waals surface area contributed by atoms with Crippen LogP contribution in [0.5, 0.6) is 0 Å². The molecule has 0 spiro atoms. The summed E-state index contributed by atoms with van der Waals surface area (Å²) in [5.74, 6) is 0.327. The van der Waals surface area contributed by atoms with Crippen molar-refractivity contribution >= 4 is 0 Å². The average molecular weight is 244 g/mol. The van der Waals surface area contributed by atoms with E-state index in [0.29, 0.717) is 5.92 Å². The molecule has 0 aliphatic heterocycles. The van der Waals surface area contributed by atoms with Crippen LogP contribution in [0.15, 0.2) is 24.3 Å². The molecule has 1 atom stereocenters. The van der Waals surface area contributed by atoms with Crippen LogP contribution in [0, 0.1) is 19.4 Å². The predicted molar refractivity (Wildman–Crippen MR) is 77.5 cm³/mol. The summed E-state index contributed by atoms with van der Waals surface area (Å²) in [7, 11) is 1.96. The summed E-state index contributed by atoms with van der Waals surface area (Å²) >= 11 is 0. The van der Waals surface area contributed by atoms with Gasteiger partial charge in [-0.15, -0.1) is 0 Å². The second kappa shape index (κ2) is 6.56. The van der Waals surface area contributed by atoms with Gasteiger partial charge in [-0.1, -0.05) is 38.1 Å². The maximum absolute atomic E-state index is 7.71. The monoisotopic (exact) mass is 244 g/mol. The van der Waals surface area contributed by atoms with E-state index in [1.807, 2.05) is 19.2 Å². The van der Waals surface area contributed by atoms with Crippen molar-refractivity contribution in [2.75, 3.05) is 13.6 Å². The van der Waals surface area contributed by atoms with Gasteiger partial charge < -0.3 is 10.2 Å². The minimum atomic E-state index is -0.373. The van der Waals surface area contributed by atoms with Crippen LogP contribution in [0.2, 0.25) is 0 Å². The van der Waals surface area contributed by atoms with Gasteiger partial charge >= 0.3 is 0 Å². The minimum absolute atomic E-state index is 0.327. The van der Waals surface area contributed by atoms with Crippen molar-refractivity contribution in [3.63, 3.8) is 0 Å². The number of hydrogen-bond acceptors (Lipinski definition) is 1. The summed E-state index contributed by atoms with van der Waals surface area (Å²) in [6.07, 6.45) is 1.95. The standard InChI is InChI=1S/C16H24N2/c1-13(2)16(18-5,11-8-12-17-4)15-10-7-6-9-14(15)3/h6-7,9-10,13,17H,8,11-12H2,1-4H3. The number of nitrogens with one attached hydrogen (secondary N) is 1. The third kappa shape index (κ3) is 2.91. The average Bonchev–Trinajstić information content (AvgIpc) is 2.36. The van der Waals surface area contributed by atoms with Gasteiger partial charge in [-0.25, -0.2) is 6.57 Å². The summed E-state index contributed by atoms with van der Waals surface area (Å²) < 4.78 is 0. The Balaban J connectivity index is 3.12. The molecule has 0 heterocycles. The minimum Gasteiger partial charge on any atom is -0.320 e. The highest BCUT2D eigenvalue weighted by Gasteiger charge is 2.42. The van der Waals surface area contributed by atoms with Crippen molar-refractivity contribution in [2.45, 2.75) is 39.2 Å². The lowest BCUT2D eigenvalue weighted by atomic mass is 9.75. The first kappa shape index (κ1) is 14.7. The fourth-order valence-corrected chi connectivity index (χ4v) is 2.57. The molecular formula is C16H24N2. The summed E-state index contributed by atoms with van der Waals surface area (Å²) in [4.78, 5) is 4.04. The van der Waals surface area contributed by atoms with E-state index in [1.54, 1.807) is 0 Å². The highest BCUT2D eigenvalue weighted by atomic mass is 14.8. The Labute approximate surface area is 111 Å². The predicted octanol–water partition coefficient (Wildman–Crippen LogP) is 3.77. The Morgan fingerprint density at radius 1 is 1.33 bits per heavy atom. The molecular weight excluding hydrogens is 220 g/mol. The lowest BCUT2D eigenvalue weighted by molar-refractivity contribution is 0.343. The number of rotatable bonds is 6. The van der Waals surface area contributed by atoms with Crippen molar-refractivity contribution in [2.24, 2.45) is 5.92 Å². The zero-order valence-electron chi connectivity index (χ0n) is 12.0. The van der Waals surface area contributed by atoms with Gasteiger partial charge in [-0.05, 0) is 32.5 Å². The molecule has 0 bridgehead atoms. The quantitative estimate of drug-likeness (QED) is 0.595. The number of benzene rings is 1. The van der Waals surface area contributed by atoms with Gasteiger partial charge in [0.2, 0.25) is 0 Å². The third-order valence-corrected chi connectivity index (χ3v) is 3.75. The van der Waals surface area contributed by atoms with Crippen LogP contribution in [0.4, 0.5) is 0 Å². The second-order valence-corrected chi connectivity index (χ2v) is 5.21. The van der Waals surface area contributed by atoms with Crippen molar-refractivity contribution in [1.29, 1.82) is 0 Å². The highest BCUT2D eigenvalue weighted by molar-refractivity contribution is 5.36. The van der Waals surface area contributed by atoms with Gasteiger partial charge in [-0.3, -0.25) is 0 Å². The van der Waals surface area contributed by atoms with E-state index in [0.717, 1.165) is 19.4 Å². The van der Waals surface area contributed by atoms with Crippen LogP contribution < -0.4 is 5.32 Å². The maximum atomic E-state index is 7.71. The van der Waals surface area contributed by atoms with Gasteiger partial charge in [0.25, 0.3) is 5.54 Å². The molecule has 1 rings (SSSR count). The van der Waals surface area contributed by atoms with Crippen LogP contribution in [-0.2, 0) is 5.54 Å². The van der Waals surface area contributed by atoms with E-state index < -0.39 is 0 Å². The first-order valence-corrected chi connectivity index (χ1v) is 6.68. The smallest absolute Gasteiger partial charge is 0.260 e. The molecule has 1 aromatic rings. The SMILES string of the molecule is [C-]#[N+]C(CCCNC)(c1ccccc1C)C(C)C. The second-order valence-electron chi connectivity index (χ2n) is 5.21. The molecule has 2 heteroatoms. The first-order valence-electron chi connectivity index (χ1n) is 6.68. The molecule has 18 heavy (non-hydrogen) atoms. The molecule has 0 amide bonds. The normalized spacial score (nSPS) is 14.2. The number of hydrogen-bond donors (Lipinski definition) is 1. The van der Waals surface area contributed by atoms with E-state index in [2.05, 4.69) is 43.1 Å². The first-order chi connectivity index (χ1) is 8.58. The molecule has 1 aromatic carbocycles. The fourth-order valence-electron chi connectivity index (χ4n) is 2.57. The molecule has 1 unspecified atom stereocenters. The lowest BCUT2D eigenvalue weighted by Gasteiger charge is -2.27. The molecule has 2 nitrogen and oxygen atoms in total. The van der Waals surface area contributed by atoms with E-state index >= 15 is 0 Å². The van der Waals surface area contributed by atoms with Crippen LogP contribution in [0.25, 0.3) is 4.85 Å². The fraction of sp³-hybridized carbons (Fsp3) is 0.562. The van der Waals surface area contributed by atoms with Crippen molar-refractivity contribution in [3.8, 4) is 0 Å². The van der Waals surface area contributed by atoms with Crippen LogP contribution >= 0.6 is 0 Å². The van der Waals surface area contributed by atoms with Crippen molar-refractivity contribution in [3.05, 3.63) is 46.8 Å². The highest BCUT2D eigenvalue weighted by Crippen LogP contribution is 2.39. The van der Waals surface area contributed by atoms with Gasteiger partial charge in [0.1, 0.15) is 0 Å². The largest absolute Gasteiger partial charge is 0.320 e. The Kier molecular flexibility index (Phi) is 5.37. The van der Waals surface area contributed by atoms with Gasteiger partial charge in [-0.2, -0.15) is 0 Å². The number of aryl methyl sites for hydroxylation is 1. The van der Waals surface area contributed by atoms with Gasteiger partial charge in [0, 0.05) is 17.9 Å². The molecule has 0 fully saturated rings. The Bertz CT molecular complexity index is 417. The molecule has 0 aromatic heterocycles. The topological polar surface area (TPSA) is 16.4 Å². The zero-order valence-corrected chi connectivity index (χ0v) is 12.0. The number of nitrogens with zero attached hydrogens (tertiary/aromatic N) is 1. The van der Waals surface area contributed by atoms with Crippen LogP contribution in [0.1, 0.15) is 37.8 Å². The summed E-state index contributed by atoms with van der Waals surface area (Å²) in [5.41, 5.74) is 2.06. The van der Waals surface area contributed by atoms with E-state index in [1.165, 1.54) is 11.1 Å². The molecule has 1 N–H and O–H groups in total. The summed E-state index contributed by atoms with van der Waals surface area (Å²) in [6, 6.07) is 8.31. The van der Waals surface area contributed by atoms with E-state index in [9.17, 15) is 0 Å². The Hall–Kier alpha value is -1.33. The van der Waals surface area contributed by atoms with Crippen molar-refractivity contribution < 1.29 is 0 Å². The lowest BCUT2D eigenvalue weighted by Crippen LogP contribution is -2.30. The Morgan fingerprint density at radius 2 is 2.00 bits per heavy atom. The summed E-state index contributed by atoms with van der Waals surface area (Å²) in [5, 5.41) is 3.17. The Morgan fingerprint density at radius 3 is 2.50 bits per heavy atom. The van der Waals surface area contributed by atoms with E-state index in [-0.39, 0.29) is 5.54 Å². The van der Waals surface area contributed by atoms with Gasteiger partial charge in [0.05, 0.1) is 0 Å². The molecule has 0 aliphatic carbocycles. The van der Waals surface area contributed by atoms with Crippen molar-refractivity contribution in [1.82, 2.24) is 5.32 Å². The molecule has 0 aliphatic rings. The maximum Gasteiger partial charge on any atom is 0.260 e. The van der Waals surface area contributed by atoms with Crippen LogP contribution in [-0.4, -0.2) is 13.6 Å². The van der Waals surface area contributed by atoms with Crippen LogP contribution in [0.3, 0.4) is 0 Å². The zero-order chi connectivity index (χ0) is 13.6. The molecule has 98 valence electrons.